The van der Waals surface area contributed by atoms with E-state index in [-0.39, 0.29) is 22.4 Å². The minimum atomic E-state index is -0.211. The van der Waals surface area contributed by atoms with Crippen LogP contribution < -0.4 is 0 Å². The summed E-state index contributed by atoms with van der Waals surface area (Å²) in [5.41, 5.74) is 1.14. The predicted octanol–water partition coefficient (Wildman–Crippen LogP) is 2.15. The van der Waals surface area contributed by atoms with Crippen molar-refractivity contribution < 1.29 is 9.90 Å². The third-order valence-electron chi connectivity index (χ3n) is 1.88. The van der Waals surface area contributed by atoms with Crippen molar-refractivity contribution in [2.75, 3.05) is 5.33 Å². The van der Waals surface area contributed by atoms with Gasteiger partial charge in [-0.1, -0.05) is 15.9 Å². The molecule has 1 aromatic carbocycles. The highest BCUT2D eigenvalue weighted by Crippen LogP contribution is 2.22. The van der Waals surface area contributed by atoms with Crippen LogP contribution in [0, 0.1) is 18.3 Å². The fourth-order valence-electron chi connectivity index (χ4n) is 1.09. The molecule has 0 spiro atoms. The molecule has 0 radical (unpaired) electrons. The van der Waals surface area contributed by atoms with Gasteiger partial charge in [0.2, 0.25) is 0 Å². The van der Waals surface area contributed by atoms with Gasteiger partial charge in [-0.2, -0.15) is 5.26 Å². The van der Waals surface area contributed by atoms with Gasteiger partial charge in [-0.15, -0.1) is 0 Å². The molecule has 0 aliphatic heterocycles. The molecule has 1 rings (SSSR count). The van der Waals surface area contributed by atoms with Crippen LogP contribution in [-0.2, 0) is 0 Å². The molecule has 0 fully saturated rings. The number of alkyl halides is 1. The Balaban J connectivity index is 3.36. The van der Waals surface area contributed by atoms with Gasteiger partial charge in [0, 0.05) is 5.56 Å². The van der Waals surface area contributed by atoms with Crippen LogP contribution in [0.15, 0.2) is 12.1 Å². The molecular formula is C10H8BrNO2. The summed E-state index contributed by atoms with van der Waals surface area (Å²) in [6, 6.07) is 4.76. The number of aryl methyl sites for hydroxylation is 1. The molecule has 0 saturated carbocycles. The number of nitrogens with zero attached hydrogens (tertiary/aromatic N) is 1. The van der Waals surface area contributed by atoms with E-state index in [4.69, 9.17) is 5.26 Å². The maximum atomic E-state index is 11.3. The minimum Gasteiger partial charge on any atom is -0.508 e. The topological polar surface area (TPSA) is 61.1 Å². The summed E-state index contributed by atoms with van der Waals surface area (Å²) in [7, 11) is 0. The first kappa shape index (κ1) is 10.7. The number of Topliss-reactive ketones (excluding diaryl/α,β-unsaturated/α-hetero) is 1. The molecule has 0 bridgehead atoms. The molecule has 0 unspecified atom stereocenters. The number of phenolic OH excluding ortho intramolecular Hbond substituents is 1. The van der Waals surface area contributed by atoms with Crippen LogP contribution in [0.25, 0.3) is 0 Å². The van der Waals surface area contributed by atoms with Crippen molar-refractivity contribution in [3.8, 4) is 11.8 Å². The highest BCUT2D eigenvalue weighted by atomic mass is 79.9. The molecule has 72 valence electrons. The Hall–Kier alpha value is -1.34. The first-order valence-electron chi connectivity index (χ1n) is 3.93. The fourth-order valence-corrected chi connectivity index (χ4v) is 1.39. The van der Waals surface area contributed by atoms with Gasteiger partial charge in [0.05, 0.1) is 17.0 Å². The van der Waals surface area contributed by atoms with Gasteiger partial charge in [-0.3, -0.25) is 4.79 Å². The number of rotatable bonds is 2. The second-order valence-corrected chi connectivity index (χ2v) is 3.41. The van der Waals surface area contributed by atoms with Gasteiger partial charge in [-0.05, 0) is 24.6 Å². The van der Waals surface area contributed by atoms with Gasteiger partial charge < -0.3 is 5.11 Å². The van der Waals surface area contributed by atoms with Crippen LogP contribution >= 0.6 is 15.9 Å². The summed E-state index contributed by atoms with van der Waals surface area (Å²) in [5, 5.41) is 18.3. The van der Waals surface area contributed by atoms with Crippen LogP contribution in [0.1, 0.15) is 21.5 Å². The molecule has 0 heterocycles. The van der Waals surface area contributed by atoms with Crippen molar-refractivity contribution in [2.24, 2.45) is 0 Å². The molecule has 0 amide bonds. The van der Waals surface area contributed by atoms with E-state index in [0.29, 0.717) is 11.1 Å². The van der Waals surface area contributed by atoms with Crippen molar-refractivity contribution in [1.82, 2.24) is 0 Å². The average Bonchev–Trinajstić information content (AvgIpc) is 2.20. The standard InChI is InChI=1S/C10H8BrNO2/c1-6-2-7(5-12)8(3-9(6)13)10(14)4-11/h2-3,13H,4H2,1H3. The first-order valence-corrected chi connectivity index (χ1v) is 5.05. The Morgan fingerprint density at radius 3 is 2.79 bits per heavy atom. The Labute approximate surface area is 90.1 Å². The molecular weight excluding hydrogens is 246 g/mol. The Bertz CT molecular complexity index is 421. The second-order valence-electron chi connectivity index (χ2n) is 2.85. The number of aromatic hydroxyl groups is 1. The highest BCUT2D eigenvalue weighted by molar-refractivity contribution is 9.09. The van der Waals surface area contributed by atoms with Crippen LogP contribution in [0.5, 0.6) is 5.75 Å². The molecule has 0 aliphatic rings. The van der Waals surface area contributed by atoms with Crippen LogP contribution in [0.3, 0.4) is 0 Å². The number of carbonyl (C=O) groups excluding carboxylic acids is 1. The zero-order valence-electron chi connectivity index (χ0n) is 7.54. The molecule has 14 heavy (non-hydrogen) atoms. The molecule has 0 atom stereocenters. The number of hydrogen-bond donors (Lipinski definition) is 1. The molecule has 0 aromatic heterocycles. The number of carbonyl (C=O) groups is 1. The van der Waals surface area contributed by atoms with E-state index in [0.717, 1.165) is 0 Å². The number of hydrogen-bond acceptors (Lipinski definition) is 3. The van der Waals surface area contributed by atoms with Crippen molar-refractivity contribution in [2.45, 2.75) is 6.92 Å². The van der Waals surface area contributed by atoms with E-state index in [1.807, 2.05) is 6.07 Å². The molecule has 0 aliphatic carbocycles. The Morgan fingerprint density at radius 2 is 2.29 bits per heavy atom. The maximum Gasteiger partial charge on any atom is 0.174 e. The van der Waals surface area contributed by atoms with E-state index < -0.39 is 0 Å². The van der Waals surface area contributed by atoms with Crippen LogP contribution in [0.4, 0.5) is 0 Å². The Kier molecular flexibility index (Phi) is 3.26. The molecule has 3 nitrogen and oxygen atoms in total. The fraction of sp³-hybridized carbons (Fsp3) is 0.200. The highest BCUT2D eigenvalue weighted by Gasteiger charge is 2.12. The van der Waals surface area contributed by atoms with Gasteiger partial charge in [0.1, 0.15) is 5.75 Å². The lowest BCUT2D eigenvalue weighted by molar-refractivity contribution is 0.102. The largest absolute Gasteiger partial charge is 0.508 e. The lowest BCUT2D eigenvalue weighted by atomic mass is 10.0. The van der Waals surface area contributed by atoms with Gasteiger partial charge in [0.25, 0.3) is 0 Å². The quantitative estimate of drug-likeness (QED) is 0.649. The minimum absolute atomic E-state index is 0.0355. The molecule has 1 aromatic rings. The van der Waals surface area contributed by atoms with Gasteiger partial charge in [0.15, 0.2) is 5.78 Å². The third-order valence-corrected chi connectivity index (χ3v) is 2.39. The first-order chi connectivity index (χ1) is 6.60. The zero-order chi connectivity index (χ0) is 10.7. The number of ketones is 1. The summed E-state index contributed by atoms with van der Waals surface area (Å²) in [6.07, 6.45) is 0. The summed E-state index contributed by atoms with van der Waals surface area (Å²) in [6.45, 7) is 1.68. The Morgan fingerprint density at radius 1 is 1.64 bits per heavy atom. The lowest BCUT2D eigenvalue weighted by Crippen LogP contribution is -2.03. The van der Waals surface area contributed by atoms with Crippen LogP contribution in [0.2, 0.25) is 0 Å². The van der Waals surface area contributed by atoms with E-state index >= 15 is 0 Å². The number of benzene rings is 1. The van der Waals surface area contributed by atoms with E-state index in [2.05, 4.69) is 15.9 Å². The lowest BCUT2D eigenvalue weighted by Gasteiger charge is -2.04. The summed E-state index contributed by atoms with van der Waals surface area (Å²) >= 11 is 3.02. The maximum absolute atomic E-state index is 11.3. The third kappa shape index (κ3) is 1.94. The summed E-state index contributed by atoms with van der Waals surface area (Å²) in [4.78, 5) is 11.3. The van der Waals surface area contributed by atoms with E-state index in [9.17, 15) is 9.90 Å². The number of phenols is 1. The smallest absolute Gasteiger partial charge is 0.174 e. The van der Waals surface area contributed by atoms with Gasteiger partial charge >= 0.3 is 0 Å². The SMILES string of the molecule is Cc1cc(C#N)c(C(=O)CBr)cc1O. The summed E-state index contributed by atoms with van der Waals surface area (Å²) in [5.74, 6) is -0.176. The van der Waals surface area contributed by atoms with E-state index in [1.165, 1.54) is 12.1 Å². The average molecular weight is 254 g/mol. The molecule has 1 N–H and O–H groups in total. The number of nitriles is 1. The monoisotopic (exact) mass is 253 g/mol. The predicted molar refractivity (Wildman–Crippen MR) is 55.7 cm³/mol. The normalized spacial score (nSPS) is 9.50. The van der Waals surface area contributed by atoms with Crippen molar-refractivity contribution in [1.29, 1.82) is 5.26 Å². The van der Waals surface area contributed by atoms with Gasteiger partial charge in [-0.25, -0.2) is 0 Å². The summed E-state index contributed by atoms with van der Waals surface area (Å²) < 4.78 is 0. The number of halogens is 1. The van der Waals surface area contributed by atoms with Crippen molar-refractivity contribution in [3.05, 3.63) is 28.8 Å². The van der Waals surface area contributed by atoms with Crippen LogP contribution in [-0.4, -0.2) is 16.2 Å². The molecule has 0 saturated heterocycles. The second kappa shape index (κ2) is 4.25. The zero-order valence-corrected chi connectivity index (χ0v) is 9.13. The van der Waals surface area contributed by atoms with E-state index in [1.54, 1.807) is 6.92 Å². The molecule has 4 heteroatoms. The van der Waals surface area contributed by atoms with Crippen molar-refractivity contribution in [3.63, 3.8) is 0 Å². The van der Waals surface area contributed by atoms with Crippen molar-refractivity contribution >= 4 is 21.7 Å².